The van der Waals surface area contributed by atoms with Crippen molar-refractivity contribution in [2.24, 2.45) is 0 Å². The highest BCUT2D eigenvalue weighted by Gasteiger charge is 2.14. The molecule has 0 aliphatic heterocycles. The van der Waals surface area contributed by atoms with Crippen LogP contribution in [0.5, 0.6) is 11.5 Å². The van der Waals surface area contributed by atoms with Gasteiger partial charge in [-0.05, 0) is 36.2 Å². The molecule has 1 amide bonds. The van der Waals surface area contributed by atoms with Gasteiger partial charge in [-0.2, -0.15) is 0 Å². The first kappa shape index (κ1) is 15.9. The van der Waals surface area contributed by atoms with Crippen molar-refractivity contribution < 1.29 is 20.1 Å². The molecule has 0 aromatic heterocycles. The summed E-state index contributed by atoms with van der Waals surface area (Å²) in [5.74, 6) is -0.0171. The average molecular weight is 301 g/mol. The fourth-order valence-corrected chi connectivity index (χ4v) is 2.18. The first-order valence-corrected chi connectivity index (χ1v) is 6.98. The molecule has 5 nitrogen and oxygen atoms in total. The van der Waals surface area contributed by atoms with Crippen molar-refractivity contribution in [3.05, 3.63) is 59.2 Å². The Morgan fingerprint density at radius 2 is 1.73 bits per heavy atom. The average Bonchev–Trinajstić information content (AvgIpc) is 2.53. The lowest BCUT2D eigenvalue weighted by Crippen LogP contribution is -2.28. The first-order chi connectivity index (χ1) is 10.5. The zero-order valence-electron chi connectivity index (χ0n) is 12.4. The molecule has 0 atom stereocenters. The van der Waals surface area contributed by atoms with Crippen LogP contribution >= 0.6 is 0 Å². The maximum absolute atomic E-state index is 12.3. The van der Waals surface area contributed by atoms with Gasteiger partial charge in [-0.15, -0.1) is 0 Å². The Morgan fingerprint density at radius 1 is 1.05 bits per heavy atom. The molecule has 0 saturated heterocycles. The van der Waals surface area contributed by atoms with E-state index in [2.05, 4.69) is 0 Å². The van der Waals surface area contributed by atoms with E-state index in [9.17, 15) is 15.0 Å². The van der Waals surface area contributed by atoms with Crippen LogP contribution in [0.3, 0.4) is 0 Å². The zero-order valence-corrected chi connectivity index (χ0v) is 12.4. The maximum atomic E-state index is 12.3. The Balaban J connectivity index is 2.05. The molecular weight excluding hydrogens is 282 g/mol. The van der Waals surface area contributed by atoms with Gasteiger partial charge < -0.3 is 20.2 Å². The Kier molecular flexibility index (Phi) is 5.01. The van der Waals surface area contributed by atoms with E-state index in [1.165, 1.54) is 18.2 Å². The van der Waals surface area contributed by atoms with Gasteiger partial charge in [-0.3, -0.25) is 4.79 Å². The van der Waals surface area contributed by atoms with E-state index >= 15 is 0 Å². The minimum atomic E-state index is -0.325. The van der Waals surface area contributed by atoms with Crippen LogP contribution in [0.1, 0.15) is 21.5 Å². The summed E-state index contributed by atoms with van der Waals surface area (Å²) >= 11 is 0. The zero-order chi connectivity index (χ0) is 16.1. The van der Waals surface area contributed by atoms with Crippen molar-refractivity contribution >= 4 is 5.91 Å². The van der Waals surface area contributed by atoms with Crippen LogP contribution in [0.4, 0.5) is 0 Å². The second-order valence-electron chi connectivity index (χ2n) is 5.11. The third-order valence-electron chi connectivity index (χ3n) is 3.55. The number of aromatic hydroxyl groups is 2. The van der Waals surface area contributed by atoms with Crippen molar-refractivity contribution in [2.75, 3.05) is 13.6 Å². The summed E-state index contributed by atoms with van der Waals surface area (Å²) in [6, 6.07) is 11.4. The van der Waals surface area contributed by atoms with Gasteiger partial charge in [0.05, 0.1) is 6.61 Å². The van der Waals surface area contributed by atoms with Crippen LogP contribution in [0.2, 0.25) is 0 Å². The smallest absolute Gasteiger partial charge is 0.253 e. The number of phenolic OH excluding ortho intramolecular Hbond substituents is 1. The lowest BCUT2D eigenvalue weighted by atomic mass is 10.1. The summed E-state index contributed by atoms with van der Waals surface area (Å²) in [5.41, 5.74) is 1.51. The van der Waals surface area contributed by atoms with Crippen molar-refractivity contribution in [1.29, 1.82) is 0 Å². The van der Waals surface area contributed by atoms with E-state index < -0.39 is 0 Å². The fraction of sp³-hybridized carbons (Fsp3) is 0.235. The van der Waals surface area contributed by atoms with Crippen LogP contribution in [0, 0.1) is 0 Å². The summed E-state index contributed by atoms with van der Waals surface area (Å²) in [6.07, 6.45) is 0.542. The van der Waals surface area contributed by atoms with Gasteiger partial charge >= 0.3 is 0 Å². The van der Waals surface area contributed by atoms with Crippen molar-refractivity contribution in [3.63, 3.8) is 0 Å². The molecule has 0 radical (unpaired) electrons. The highest BCUT2D eigenvalue weighted by molar-refractivity contribution is 5.94. The number of phenols is 2. The van der Waals surface area contributed by atoms with Gasteiger partial charge in [0, 0.05) is 24.7 Å². The van der Waals surface area contributed by atoms with Gasteiger partial charge in [0.25, 0.3) is 5.91 Å². The number of hydrogen-bond donors (Lipinski definition) is 3. The topological polar surface area (TPSA) is 81.0 Å². The highest BCUT2D eigenvalue weighted by Crippen LogP contribution is 2.20. The van der Waals surface area contributed by atoms with E-state index in [0.29, 0.717) is 24.1 Å². The molecule has 0 unspecified atom stereocenters. The molecule has 5 heteroatoms. The van der Waals surface area contributed by atoms with E-state index in [1.807, 2.05) is 12.1 Å². The number of carbonyl (C=O) groups is 1. The highest BCUT2D eigenvalue weighted by atomic mass is 16.3. The minimum absolute atomic E-state index is 0.0316. The van der Waals surface area contributed by atoms with Crippen LogP contribution in [-0.2, 0) is 13.0 Å². The SMILES string of the molecule is CN(CCc1ccccc1O)C(=O)c1ccc(O)c(CO)c1. The van der Waals surface area contributed by atoms with E-state index in [1.54, 1.807) is 24.1 Å². The largest absolute Gasteiger partial charge is 0.508 e. The van der Waals surface area contributed by atoms with Gasteiger partial charge in [0.15, 0.2) is 0 Å². The van der Waals surface area contributed by atoms with E-state index in [-0.39, 0.29) is 24.0 Å². The number of hydrogen-bond acceptors (Lipinski definition) is 4. The van der Waals surface area contributed by atoms with Crippen LogP contribution in [-0.4, -0.2) is 39.7 Å². The molecule has 0 saturated carbocycles. The number of carbonyl (C=O) groups excluding carboxylic acids is 1. The van der Waals surface area contributed by atoms with Crippen molar-refractivity contribution in [3.8, 4) is 11.5 Å². The molecule has 0 aliphatic rings. The molecule has 0 bridgehead atoms. The number of benzene rings is 2. The van der Waals surface area contributed by atoms with Crippen LogP contribution in [0.15, 0.2) is 42.5 Å². The monoisotopic (exact) mass is 301 g/mol. The first-order valence-electron chi connectivity index (χ1n) is 6.98. The summed E-state index contributed by atoms with van der Waals surface area (Å²) in [6.45, 7) is 0.125. The Morgan fingerprint density at radius 3 is 2.41 bits per heavy atom. The van der Waals surface area contributed by atoms with Gasteiger partial charge in [0.1, 0.15) is 11.5 Å². The summed E-state index contributed by atoms with van der Waals surface area (Å²) < 4.78 is 0. The predicted molar refractivity (Wildman–Crippen MR) is 82.8 cm³/mol. The third kappa shape index (κ3) is 3.56. The molecule has 3 N–H and O–H groups in total. The molecular formula is C17H19NO4. The molecule has 2 aromatic rings. The molecule has 0 spiro atoms. The van der Waals surface area contributed by atoms with Crippen LogP contribution in [0.25, 0.3) is 0 Å². The lowest BCUT2D eigenvalue weighted by molar-refractivity contribution is 0.0796. The maximum Gasteiger partial charge on any atom is 0.253 e. The second kappa shape index (κ2) is 6.95. The molecule has 0 fully saturated rings. The van der Waals surface area contributed by atoms with Gasteiger partial charge in [-0.1, -0.05) is 18.2 Å². The van der Waals surface area contributed by atoms with Crippen molar-refractivity contribution in [2.45, 2.75) is 13.0 Å². The molecule has 22 heavy (non-hydrogen) atoms. The minimum Gasteiger partial charge on any atom is -0.508 e. The Labute approximate surface area is 129 Å². The van der Waals surface area contributed by atoms with Gasteiger partial charge in [0.2, 0.25) is 0 Å². The normalized spacial score (nSPS) is 10.5. The molecule has 116 valence electrons. The van der Waals surface area contributed by atoms with Crippen molar-refractivity contribution in [1.82, 2.24) is 4.90 Å². The van der Waals surface area contributed by atoms with Gasteiger partial charge in [-0.25, -0.2) is 0 Å². The summed E-state index contributed by atoms with van der Waals surface area (Å²) in [4.78, 5) is 13.9. The summed E-state index contributed by atoms with van der Waals surface area (Å²) in [5, 5.41) is 28.4. The molecule has 0 heterocycles. The second-order valence-corrected chi connectivity index (χ2v) is 5.11. The number of para-hydroxylation sites is 1. The number of aliphatic hydroxyl groups is 1. The van der Waals surface area contributed by atoms with E-state index in [0.717, 1.165) is 5.56 Å². The van der Waals surface area contributed by atoms with Crippen LogP contribution < -0.4 is 0 Å². The molecule has 0 aliphatic carbocycles. The predicted octanol–water partition coefficient (Wildman–Crippen LogP) is 1.90. The number of likely N-dealkylation sites (N-methyl/N-ethyl adjacent to an activating group) is 1. The third-order valence-corrected chi connectivity index (χ3v) is 3.55. The standard InChI is InChI=1S/C17H19NO4/c1-18(9-8-12-4-2-3-5-15(12)20)17(22)13-6-7-16(21)14(10-13)11-19/h2-7,10,19-21H,8-9,11H2,1H3. The Hall–Kier alpha value is -2.53. The number of rotatable bonds is 5. The molecule has 2 aromatic carbocycles. The Bertz CT molecular complexity index is 669. The fourth-order valence-electron chi connectivity index (χ4n) is 2.18. The summed E-state index contributed by atoms with van der Waals surface area (Å²) in [7, 11) is 1.67. The number of aliphatic hydroxyl groups excluding tert-OH is 1. The quantitative estimate of drug-likeness (QED) is 0.788. The molecule has 2 rings (SSSR count). The van der Waals surface area contributed by atoms with E-state index in [4.69, 9.17) is 5.11 Å². The lowest BCUT2D eigenvalue weighted by Gasteiger charge is -2.18. The number of nitrogens with zero attached hydrogens (tertiary/aromatic N) is 1. The number of amides is 1.